The number of halogens is 1. The summed E-state index contributed by atoms with van der Waals surface area (Å²) < 4.78 is 30.9. The third-order valence-electron chi connectivity index (χ3n) is 6.43. The minimum Gasteiger partial charge on any atom is -0.466 e. The highest BCUT2D eigenvalue weighted by molar-refractivity contribution is 5.79. The second-order valence-electron chi connectivity index (χ2n) is 10.1. The van der Waals surface area contributed by atoms with Gasteiger partial charge in [0.1, 0.15) is 5.60 Å². The number of alkyl halides is 1. The van der Waals surface area contributed by atoms with E-state index in [0.29, 0.717) is 45.4 Å². The Morgan fingerprint density at radius 3 is 2.13 bits per heavy atom. The summed E-state index contributed by atoms with van der Waals surface area (Å²) >= 11 is 0. The molecule has 3 rings (SSSR count). The number of hydrogen-bond donors (Lipinski definition) is 0. The lowest BCUT2D eigenvalue weighted by Crippen LogP contribution is -2.73. The molecule has 3 fully saturated rings. The van der Waals surface area contributed by atoms with E-state index in [0.717, 1.165) is 25.9 Å². The van der Waals surface area contributed by atoms with Gasteiger partial charge in [-0.05, 0) is 66.2 Å². The van der Waals surface area contributed by atoms with Gasteiger partial charge in [0.15, 0.2) is 0 Å². The molecule has 7 nitrogen and oxygen atoms in total. The van der Waals surface area contributed by atoms with Crippen molar-refractivity contribution in [3.8, 4) is 0 Å². The van der Waals surface area contributed by atoms with Crippen LogP contribution in [0.15, 0.2) is 0 Å². The van der Waals surface area contributed by atoms with Crippen LogP contribution < -0.4 is 0 Å². The maximum Gasteiger partial charge on any atom is 0.371 e. The van der Waals surface area contributed by atoms with Crippen LogP contribution in [-0.2, 0) is 23.8 Å². The molecule has 1 atom stereocenters. The van der Waals surface area contributed by atoms with Gasteiger partial charge in [-0.2, -0.15) is 0 Å². The number of ether oxygens (including phenoxy) is 3. The van der Waals surface area contributed by atoms with Gasteiger partial charge in [-0.15, -0.1) is 0 Å². The van der Waals surface area contributed by atoms with Crippen molar-refractivity contribution in [3.05, 3.63) is 0 Å². The fourth-order valence-electron chi connectivity index (χ4n) is 4.84. The molecule has 0 aromatic heterocycles. The van der Waals surface area contributed by atoms with Crippen LogP contribution in [0.1, 0.15) is 66.2 Å². The lowest BCUT2D eigenvalue weighted by atomic mass is 9.87. The zero-order valence-corrected chi connectivity index (χ0v) is 19.5. The summed E-state index contributed by atoms with van der Waals surface area (Å²) in [7, 11) is 0. The Hall–Kier alpha value is -1.25. The molecule has 1 unspecified atom stereocenters. The van der Waals surface area contributed by atoms with E-state index in [4.69, 9.17) is 14.2 Å². The van der Waals surface area contributed by atoms with E-state index in [2.05, 4.69) is 4.90 Å². The fraction of sp³-hybridized carbons (Fsp3) is 0.913. The molecule has 3 aliphatic rings. The van der Waals surface area contributed by atoms with E-state index in [1.54, 1.807) is 0 Å². The summed E-state index contributed by atoms with van der Waals surface area (Å²) in [5, 5.41) is 0. The van der Waals surface area contributed by atoms with Crippen molar-refractivity contribution in [2.75, 3.05) is 39.5 Å². The van der Waals surface area contributed by atoms with Crippen LogP contribution >= 0.6 is 0 Å². The van der Waals surface area contributed by atoms with E-state index >= 15 is 0 Å². The smallest absolute Gasteiger partial charge is 0.371 e. The SMILES string of the molecule is CCOC(=O)C1CCC(OC(C(=O)OC(C)(C)C)(N2CCCC2)N2CC(CF)C2)CC1. The van der Waals surface area contributed by atoms with Crippen molar-refractivity contribution >= 4 is 11.9 Å². The minimum absolute atomic E-state index is 0.0763. The first-order valence-electron chi connectivity index (χ1n) is 11.8. The number of carbonyl (C=O) groups excluding carboxylic acids is 2. The molecule has 1 aliphatic carbocycles. The molecule has 1 saturated carbocycles. The van der Waals surface area contributed by atoms with Gasteiger partial charge in [-0.3, -0.25) is 19.0 Å². The third kappa shape index (κ3) is 5.57. The van der Waals surface area contributed by atoms with Crippen LogP contribution in [0.4, 0.5) is 4.39 Å². The normalized spacial score (nSPS) is 28.0. The Morgan fingerprint density at radius 2 is 1.61 bits per heavy atom. The fourth-order valence-corrected chi connectivity index (χ4v) is 4.84. The van der Waals surface area contributed by atoms with E-state index in [-0.39, 0.29) is 23.9 Å². The molecule has 0 radical (unpaired) electrons. The van der Waals surface area contributed by atoms with Gasteiger partial charge in [-0.25, -0.2) is 4.79 Å². The molecule has 0 N–H and O–H groups in total. The Bertz CT molecular complexity index is 620. The van der Waals surface area contributed by atoms with Crippen LogP contribution in [0.5, 0.6) is 0 Å². The Morgan fingerprint density at radius 1 is 1.00 bits per heavy atom. The molecule has 0 spiro atoms. The first-order chi connectivity index (χ1) is 14.7. The molecular weight excluding hydrogens is 403 g/mol. The molecule has 0 aromatic rings. The first-order valence-corrected chi connectivity index (χ1v) is 11.8. The Kier molecular flexibility index (Phi) is 7.97. The second-order valence-corrected chi connectivity index (χ2v) is 10.1. The van der Waals surface area contributed by atoms with Crippen molar-refractivity contribution in [3.63, 3.8) is 0 Å². The number of likely N-dealkylation sites (tertiary alicyclic amines) is 2. The van der Waals surface area contributed by atoms with Gasteiger partial charge in [-0.1, -0.05) is 0 Å². The lowest BCUT2D eigenvalue weighted by molar-refractivity contribution is -0.294. The minimum atomic E-state index is -1.32. The maximum absolute atomic E-state index is 13.6. The van der Waals surface area contributed by atoms with Crippen LogP contribution in [0.2, 0.25) is 0 Å². The van der Waals surface area contributed by atoms with Crippen molar-refractivity contribution in [2.24, 2.45) is 11.8 Å². The van der Waals surface area contributed by atoms with Gasteiger partial charge >= 0.3 is 11.9 Å². The zero-order chi connectivity index (χ0) is 22.6. The largest absolute Gasteiger partial charge is 0.466 e. The zero-order valence-electron chi connectivity index (χ0n) is 19.5. The summed E-state index contributed by atoms with van der Waals surface area (Å²) in [6.45, 7) is 9.80. The van der Waals surface area contributed by atoms with E-state index in [1.165, 1.54) is 0 Å². The van der Waals surface area contributed by atoms with Crippen LogP contribution in [0.25, 0.3) is 0 Å². The topological polar surface area (TPSA) is 68.3 Å². The second kappa shape index (κ2) is 10.1. The van der Waals surface area contributed by atoms with Crippen LogP contribution in [-0.4, -0.2) is 78.8 Å². The maximum atomic E-state index is 13.6. The predicted octanol–water partition coefficient (Wildman–Crippen LogP) is 3.12. The summed E-state index contributed by atoms with van der Waals surface area (Å²) in [5.41, 5.74) is -0.655. The molecule has 2 saturated heterocycles. The van der Waals surface area contributed by atoms with E-state index < -0.39 is 24.1 Å². The highest BCUT2D eigenvalue weighted by Crippen LogP contribution is 2.39. The van der Waals surface area contributed by atoms with E-state index in [1.807, 2.05) is 32.6 Å². The van der Waals surface area contributed by atoms with Crippen molar-refractivity contribution in [2.45, 2.75) is 83.8 Å². The number of rotatable bonds is 8. The number of carbonyl (C=O) groups is 2. The monoisotopic (exact) mass is 442 g/mol. The molecule has 2 heterocycles. The summed E-state index contributed by atoms with van der Waals surface area (Å²) in [6, 6.07) is 0. The summed E-state index contributed by atoms with van der Waals surface area (Å²) in [4.78, 5) is 29.8. The molecule has 0 bridgehead atoms. The standard InChI is InChI=1S/C23H39FN2O5/c1-5-29-20(27)18-8-10-19(11-9-18)30-23(25-12-6-7-13-25,21(28)31-22(2,3)4)26-15-17(14-24)16-26/h17-19H,5-16H2,1-4H3. The average Bonchev–Trinajstić information content (AvgIpc) is 3.20. The van der Waals surface area contributed by atoms with Crippen molar-refractivity contribution < 1.29 is 28.2 Å². The van der Waals surface area contributed by atoms with Gasteiger partial charge in [0.25, 0.3) is 5.85 Å². The van der Waals surface area contributed by atoms with E-state index in [9.17, 15) is 14.0 Å². The molecule has 2 aliphatic heterocycles. The first kappa shape index (κ1) is 24.4. The number of hydrogen-bond acceptors (Lipinski definition) is 7. The predicted molar refractivity (Wildman–Crippen MR) is 114 cm³/mol. The molecule has 0 aromatic carbocycles. The van der Waals surface area contributed by atoms with Gasteiger partial charge in [0.2, 0.25) is 0 Å². The quantitative estimate of drug-likeness (QED) is 0.535. The number of nitrogens with zero attached hydrogens (tertiary/aromatic N) is 2. The van der Waals surface area contributed by atoms with Gasteiger partial charge in [0, 0.05) is 32.1 Å². The molecular formula is C23H39FN2O5. The van der Waals surface area contributed by atoms with Gasteiger partial charge < -0.3 is 14.2 Å². The lowest BCUT2D eigenvalue weighted by Gasteiger charge is -2.54. The summed E-state index contributed by atoms with van der Waals surface area (Å²) in [5.74, 6) is -2.06. The average molecular weight is 443 g/mol. The number of esters is 2. The van der Waals surface area contributed by atoms with Crippen molar-refractivity contribution in [1.82, 2.24) is 9.80 Å². The highest BCUT2D eigenvalue weighted by atomic mass is 19.1. The van der Waals surface area contributed by atoms with Crippen LogP contribution in [0, 0.1) is 11.8 Å². The Balaban J connectivity index is 1.79. The molecule has 31 heavy (non-hydrogen) atoms. The van der Waals surface area contributed by atoms with Crippen LogP contribution in [0.3, 0.4) is 0 Å². The highest BCUT2D eigenvalue weighted by Gasteiger charge is 2.58. The molecule has 0 amide bonds. The summed E-state index contributed by atoms with van der Waals surface area (Å²) in [6.07, 6.45) is 4.54. The molecule has 178 valence electrons. The van der Waals surface area contributed by atoms with Gasteiger partial charge in [0.05, 0.1) is 25.3 Å². The third-order valence-corrected chi connectivity index (χ3v) is 6.43. The van der Waals surface area contributed by atoms with Crippen molar-refractivity contribution in [1.29, 1.82) is 0 Å². The Labute approximate surface area is 185 Å². The molecule has 8 heteroatoms.